The maximum Gasteiger partial charge on any atom is 0.315 e. The van der Waals surface area contributed by atoms with Gasteiger partial charge in [0, 0.05) is 5.75 Å². The Labute approximate surface area is 77.1 Å². The lowest BCUT2D eigenvalue weighted by atomic mass is 10.3. The van der Waals surface area contributed by atoms with Gasteiger partial charge in [0.2, 0.25) is 0 Å². The van der Waals surface area contributed by atoms with Gasteiger partial charge in [-0.3, -0.25) is 4.79 Å². The minimum atomic E-state index is -0.201. The minimum Gasteiger partial charge on any atom is -0.465 e. The first-order valence-corrected chi connectivity index (χ1v) is 4.99. The number of nitrogens with zero attached hydrogens (tertiary/aromatic N) is 1. The van der Waals surface area contributed by atoms with Crippen LogP contribution in [0.25, 0.3) is 0 Å². The molecule has 0 spiro atoms. The number of esters is 1. The molecular weight excluding hydrogens is 174 g/mol. The van der Waals surface area contributed by atoms with Gasteiger partial charge in [-0.1, -0.05) is 0 Å². The van der Waals surface area contributed by atoms with Crippen molar-refractivity contribution in [1.29, 1.82) is 5.26 Å². The first kappa shape index (κ1) is 11.3. The summed E-state index contributed by atoms with van der Waals surface area (Å²) in [7, 11) is 0. The molecule has 4 heteroatoms. The summed E-state index contributed by atoms with van der Waals surface area (Å²) in [6.45, 7) is 4.03. The van der Waals surface area contributed by atoms with Crippen LogP contribution >= 0.6 is 11.8 Å². The molecule has 0 aliphatic heterocycles. The molecular formula is C8H13NO2S. The summed E-state index contributed by atoms with van der Waals surface area (Å²) < 4.78 is 4.71. The van der Waals surface area contributed by atoms with Crippen molar-refractivity contribution in [3.63, 3.8) is 0 Å². The highest BCUT2D eigenvalue weighted by atomic mass is 32.2. The Balaban J connectivity index is 3.32. The van der Waals surface area contributed by atoms with Crippen LogP contribution in [0.15, 0.2) is 0 Å². The van der Waals surface area contributed by atoms with Crippen LogP contribution in [0.4, 0.5) is 0 Å². The molecule has 0 rings (SSSR count). The van der Waals surface area contributed by atoms with Crippen molar-refractivity contribution in [3.8, 4) is 6.07 Å². The van der Waals surface area contributed by atoms with Crippen molar-refractivity contribution in [2.45, 2.75) is 13.8 Å². The third kappa shape index (κ3) is 6.05. The van der Waals surface area contributed by atoms with E-state index in [2.05, 4.69) is 6.07 Å². The molecule has 0 aromatic heterocycles. The molecule has 0 bridgehead atoms. The summed E-state index contributed by atoms with van der Waals surface area (Å²) >= 11 is 1.44. The van der Waals surface area contributed by atoms with E-state index in [0.717, 1.165) is 0 Å². The summed E-state index contributed by atoms with van der Waals surface area (Å²) in [6, 6.07) is 2.10. The first-order chi connectivity index (χ1) is 5.70. The zero-order valence-corrected chi connectivity index (χ0v) is 8.19. The molecule has 0 saturated heterocycles. The molecule has 0 aliphatic rings. The first-order valence-electron chi connectivity index (χ1n) is 3.83. The lowest BCUT2D eigenvalue weighted by molar-refractivity contribution is -0.139. The maximum absolute atomic E-state index is 10.8. The van der Waals surface area contributed by atoms with Gasteiger partial charge in [-0.25, -0.2) is 0 Å². The number of hydrogen-bond acceptors (Lipinski definition) is 4. The van der Waals surface area contributed by atoms with Crippen LogP contribution in [0.1, 0.15) is 13.8 Å². The Morgan fingerprint density at radius 2 is 2.42 bits per heavy atom. The number of ether oxygens (including phenoxy) is 1. The van der Waals surface area contributed by atoms with Crippen molar-refractivity contribution < 1.29 is 9.53 Å². The monoisotopic (exact) mass is 187 g/mol. The molecule has 68 valence electrons. The molecule has 0 saturated carbocycles. The Hall–Kier alpha value is -0.690. The molecule has 0 aliphatic carbocycles. The lowest BCUT2D eigenvalue weighted by Crippen LogP contribution is -2.08. The van der Waals surface area contributed by atoms with E-state index in [1.165, 1.54) is 11.8 Å². The van der Waals surface area contributed by atoms with E-state index >= 15 is 0 Å². The molecule has 0 aromatic rings. The number of carbonyl (C=O) groups excluding carboxylic acids is 1. The molecule has 0 N–H and O–H groups in total. The minimum absolute atomic E-state index is 0.00410. The van der Waals surface area contributed by atoms with Crippen LogP contribution in [-0.4, -0.2) is 24.1 Å². The fourth-order valence-electron chi connectivity index (χ4n) is 0.559. The third-order valence-corrected chi connectivity index (χ3v) is 2.29. The smallest absolute Gasteiger partial charge is 0.315 e. The van der Waals surface area contributed by atoms with Gasteiger partial charge in [-0.2, -0.15) is 5.26 Å². The van der Waals surface area contributed by atoms with Gasteiger partial charge in [0.05, 0.1) is 24.3 Å². The average molecular weight is 187 g/mol. The van der Waals surface area contributed by atoms with Crippen molar-refractivity contribution in [2.75, 3.05) is 18.1 Å². The van der Waals surface area contributed by atoms with E-state index in [9.17, 15) is 4.79 Å². The third-order valence-electron chi connectivity index (χ3n) is 1.11. The van der Waals surface area contributed by atoms with Crippen LogP contribution < -0.4 is 0 Å². The van der Waals surface area contributed by atoms with Gasteiger partial charge >= 0.3 is 5.97 Å². The Morgan fingerprint density at radius 1 is 1.75 bits per heavy atom. The second kappa shape index (κ2) is 6.99. The van der Waals surface area contributed by atoms with Crippen molar-refractivity contribution in [1.82, 2.24) is 0 Å². The fraction of sp³-hybridized carbons (Fsp3) is 0.750. The van der Waals surface area contributed by atoms with Gasteiger partial charge < -0.3 is 4.74 Å². The van der Waals surface area contributed by atoms with Crippen LogP contribution in [0.2, 0.25) is 0 Å². The number of thioether (sulfide) groups is 1. The molecule has 12 heavy (non-hydrogen) atoms. The van der Waals surface area contributed by atoms with Crippen LogP contribution in [0, 0.1) is 17.2 Å². The zero-order chi connectivity index (χ0) is 9.40. The summed E-state index contributed by atoms with van der Waals surface area (Å²) in [6.07, 6.45) is 0. The normalized spacial score (nSPS) is 11.8. The summed E-state index contributed by atoms with van der Waals surface area (Å²) in [5.41, 5.74) is 0. The summed E-state index contributed by atoms with van der Waals surface area (Å²) in [5, 5.41) is 8.42. The van der Waals surface area contributed by atoms with E-state index < -0.39 is 0 Å². The Morgan fingerprint density at radius 3 is 2.92 bits per heavy atom. The zero-order valence-electron chi connectivity index (χ0n) is 7.37. The summed E-state index contributed by atoms with van der Waals surface area (Å²) in [4.78, 5) is 10.8. The average Bonchev–Trinajstić information content (AvgIpc) is 2.04. The predicted molar refractivity (Wildman–Crippen MR) is 48.7 cm³/mol. The van der Waals surface area contributed by atoms with Crippen LogP contribution in [0.3, 0.4) is 0 Å². The molecule has 0 radical (unpaired) electrons. The van der Waals surface area contributed by atoms with E-state index in [0.29, 0.717) is 18.1 Å². The van der Waals surface area contributed by atoms with Crippen molar-refractivity contribution >= 4 is 17.7 Å². The molecule has 3 nitrogen and oxygen atoms in total. The highest BCUT2D eigenvalue weighted by Crippen LogP contribution is 2.07. The maximum atomic E-state index is 10.8. The van der Waals surface area contributed by atoms with Gasteiger partial charge in [0.25, 0.3) is 0 Å². The van der Waals surface area contributed by atoms with Crippen LogP contribution in [-0.2, 0) is 9.53 Å². The fourth-order valence-corrected chi connectivity index (χ4v) is 1.35. The highest BCUT2D eigenvalue weighted by Gasteiger charge is 2.04. The lowest BCUT2D eigenvalue weighted by Gasteiger charge is -2.02. The van der Waals surface area contributed by atoms with E-state index in [1.54, 1.807) is 6.92 Å². The second-order valence-corrected chi connectivity index (χ2v) is 3.38. The quantitative estimate of drug-likeness (QED) is 0.611. The number of nitriles is 1. The van der Waals surface area contributed by atoms with Gasteiger partial charge in [0.15, 0.2) is 0 Å². The molecule has 0 fully saturated rings. The second-order valence-electron chi connectivity index (χ2n) is 2.35. The van der Waals surface area contributed by atoms with Crippen molar-refractivity contribution in [2.24, 2.45) is 5.92 Å². The topological polar surface area (TPSA) is 50.1 Å². The number of hydrogen-bond donors (Lipinski definition) is 0. The van der Waals surface area contributed by atoms with E-state index in [4.69, 9.17) is 10.00 Å². The van der Waals surface area contributed by atoms with Gasteiger partial charge in [-0.15, -0.1) is 11.8 Å². The standard InChI is InChI=1S/C8H13NO2S/c1-3-11-8(10)6-12-5-7(2)4-9/h7H,3,5-6H2,1-2H3. The van der Waals surface area contributed by atoms with Gasteiger partial charge in [-0.05, 0) is 13.8 Å². The Bertz CT molecular complexity index is 176. The molecule has 1 atom stereocenters. The SMILES string of the molecule is CCOC(=O)CSCC(C)C#N. The van der Waals surface area contributed by atoms with Crippen LogP contribution in [0.5, 0.6) is 0 Å². The number of carbonyl (C=O) groups is 1. The van der Waals surface area contributed by atoms with Gasteiger partial charge in [0.1, 0.15) is 0 Å². The predicted octanol–water partition coefficient (Wildman–Crippen LogP) is 1.44. The molecule has 1 unspecified atom stereocenters. The Kier molecular flexibility index (Phi) is 6.58. The molecule has 0 heterocycles. The summed E-state index contributed by atoms with van der Waals surface area (Å²) in [5.74, 6) is 0.840. The van der Waals surface area contributed by atoms with E-state index in [1.807, 2.05) is 6.92 Å². The van der Waals surface area contributed by atoms with E-state index in [-0.39, 0.29) is 11.9 Å². The number of rotatable bonds is 5. The molecule has 0 amide bonds. The largest absolute Gasteiger partial charge is 0.465 e. The molecule has 0 aromatic carbocycles. The van der Waals surface area contributed by atoms with Crippen molar-refractivity contribution in [3.05, 3.63) is 0 Å². The highest BCUT2D eigenvalue weighted by molar-refractivity contribution is 7.99.